The number of hydrogen-bond donors (Lipinski definition) is 1. The van der Waals surface area contributed by atoms with Gasteiger partial charge in [0.1, 0.15) is 0 Å². The summed E-state index contributed by atoms with van der Waals surface area (Å²) in [6.07, 6.45) is 6.09. The zero-order valence-electron chi connectivity index (χ0n) is 13.5. The van der Waals surface area contributed by atoms with Crippen LogP contribution in [0.25, 0.3) is 0 Å². The minimum atomic E-state index is 0.0674. The first-order valence-electron chi connectivity index (χ1n) is 8.54. The molecule has 4 heteroatoms. The van der Waals surface area contributed by atoms with Crippen LogP contribution in [-0.4, -0.2) is 48.6 Å². The lowest BCUT2D eigenvalue weighted by atomic mass is 9.92. The maximum atomic E-state index is 12.5. The molecule has 22 heavy (non-hydrogen) atoms. The second-order valence-electron chi connectivity index (χ2n) is 6.62. The van der Waals surface area contributed by atoms with Crippen molar-refractivity contribution in [2.24, 2.45) is 0 Å². The van der Waals surface area contributed by atoms with Crippen molar-refractivity contribution in [2.75, 3.05) is 26.7 Å². The molecule has 1 N–H and O–H groups in total. The van der Waals surface area contributed by atoms with E-state index in [2.05, 4.69) is 22.3 Å². The second-order valence-corrected chi connectivity index (χ2v) is 6.62. The molecule has 0 bridgehead atoms. The molecule has 120 valence electrons. The van der Waals surface area contributed by atoms with E-state index in [1.165, 1.54) is 24.8 Å². The highest BCUT2D eigenvalue weighted by molar-refractivity contribution is 5.75. The molecular weight excluding hydrogens is 274 g/mol. The number of nitrogens with zero attached hydrogens (tertiary/aromatic N) is 2. The normalized spacial score (nSPS) is 20.4. The Morgan fingerprint density at radius 1 is 1.23 bits per heavy atom. The summed E-state index contributed by atoms with van der Waals surface area (Å²) in [6, 6.07) is 10.9. The first-order chi connectivity index (χ1) is 10.7. The predicted molar refractivity (Wildman–Crippen MR) is 88.8 cm³/mol. The standard InChI is InChI=1S/C18H27N3O/c1-20(16-10-7-11-16)18(22)19-17(14-21-12-5-6-13-21)15-8-3-2-4-9-15/h2-4,8-9,16-17H,5-7,10-14H2,1H3,(H,19,22)/t17-/m1/s1. The zero-order chi connectivity index (χ0) is 15.4. The van der Waals surface area contributed by atoms with Gasteiger partial charge in [0.15, 0.2) is 0 Å². The monoisotopic (exact) mass is 301 g/mol. The number of carbonyl (C=O) groups excluding carboxylic acids is 1. The lowest BCUT2D eigenvalue weighted by Gasteiger charge is -2.36. The van der Waals surface area contributed by atoms with Crippen LogP contribution in [0, 0.1) is 0 Å². The van der Waals surface area contributed by atoms with E-state index < -0.39 is 0 Å². The summed E-state index contributed by atoms with van der Waals surface area (Å²) in [6.45, 7) is 3.21. The highest BCUT2D eigenvalue weighted by Gasteiger charge is 2.28. The Bertz CT molecular complexity index is 480. The van der Waals surface area contributed by atoms with Crippen LogP contribution in [0.4, 0.5) is 4.79 Å². The van der Waals surface area contributed by atoms with E-state index in [1.807, 2.05) is 30.1 Å². The van der Waals surface area contributed by atoms with E-state index in [4.69, 9.17) is 0 Å². The van der Waals surface area contributed by atoms with Crippen molar-refractivity contribution in [1.82, 2.24) is 15.1 Å². The Kier molecular flexibility index (Phi) is 4.98. The van der Waals surface area contributed by atoms with E-state index in [1.54, 1.807) is 0 Å². The van der Waals surface area contributed by atoms with Gasteiger partial charge < -0.3 is 15.1 Å². The van der Waals surface area contributed by atoms with Gasteiger partial charge in [-0.3, -0.25) is 0 Å². The fraction of sp³-hybridized carbons (Fsp3) is 0.611. The number of likely N-dealkylation sites (tertiary alicyclic amines) is 1. The maximum absolute atomic E-state index is 12.5. The van der Waals surface area contributed by atoms with Crippen LogP contribution in [0.2, 0.25) is 0 Å². The highest BCUT2D eigenvalue weighted by Crippen LogP contribution is 2.24. The smallest absolute Gasteiger partial charge is 0.317 e. The first kappa shape index (κ1) is 15.3. The third-order valence-corrected chi connectivity index (χ3v) is 5.08. The van der Waals surface area contributed by atoms with Gasteiger partial charge in [0.05, 0.1) is 6.04 Å². The zero-order valence-corrected chi connectivity index (χ0v) is 13.5. The summed E-state index contributed by atoms with van der Waals surface area (Å²) in [5.41, 5.74) is 1.20. The maximum Gasteiger partial charge on any atom is 0.317 e. The molecule has 0 aromatic heterocycles. The van der Waals surface area contributed by atoms with Crippen LogP contribution in [0.15, 0.2) is 30.3 Å². The van der Waals surface area contributed by atoms with Gasteiger partial charge in [-0.2, -0.15) is 0 Å². The summed E-state index contributed by atoms with van der Waals surface area (Å²) in [4.78, 5) is 16.9. The van der Waals surface area contributed by atoms with Gasteiger partial charge in [0.25, 0.3) is 0 Å². The van der Waals surface area contributed by atoms with E-state index in [0.29, 0.717) is 6.04 Å². The molecule has 1 heterocycles. The predicted octanol–water partition coefficient (Wildman–Crippen LogP) is 3.02. The molecule has 0 spiro atoms. The molecule has 0 radical (unpaired) electrons. The van der Waals surface area contributed by atoms with Crippen LogP contribution in [-0.2, 0) is 0 Å². The summed E-state index contributed by atoms with van der Waals surface area (Å²) >= 11 is 0. The van der Waals surface area contributed by atoms with Gasteiger partial charge in [0, 0.05) is 19.6 Å². The molecule has 1 saturated carbocycles. The minimum Gasteiger partial charge on any atom is -0.330 e. The highest BCUT2D eigenvalue weighted by atomic mass is 16.2. The Morgan fingerprint density at radius 3 is 2.50 bits per heavy atom. The quantitative estimate of drug-likeness (QED) is 0.907. The Morgan fingerprint density at radius 2 is 1.91 bits per heavy atom. The van der Waals surface area contributed by atoms with Crippen LogP contribution in [0.5, 0.6) is 0 Å². The first-order valence-corrected chi connectivity index (χ1v) is 8.54. The Hall–Kier alpha value is -1.55. The van der Waals surface area contributed by atoms with Gasteiger partial charge in [-0.25, -0.2) is 4.79 Å². The molecule has 1 atom stereocenters. The van der Waals surface area contributed by atoms with Crippen molar-refractivity contribution in [3.05, 3.63) is 35.9 Å². The van der Waals surface area contributed by atoms with Crippen LogP contribution < -0.4 is 5.32 Å². The van der Waals surface area contributed by atoms with Gasteiger partial charge >= 0.3 is 6.03 Å². The molecule has 0 unspecified atom stereocenters. The summed E-state index contributed by atoms with van der Waals surface area (Å²) in [5, 5.41) is 3.25. The minimum absolute atomic E-state index is 0.0674. The third-order valence-electron chi connectivity index (χ3n) is 5.08. The topological polar surface area (TPSA) is 35.6 Å². The van der Waals surface area contributed by atoms with Gasteiger partial charge in [0.2, 0.25) is 0 Å². The van der Waals surface area contributed by atoms with E-state index in [9.17, 15) is 4.79 Å². The summed E-state index contributed by atoms with van der Waals surface area (Å²) in [7, 11) is 1.93. The van der Waals surface area contributed by atoms with Crippen molar-refractivity contribution >= 4 is 6.03 Å². The van der Waals surface area contributed by atoms with Crippen molar-refractivity contribution in [1.29, 1.82) is 0 Å². The van der Waals surface area contributed by atoms with Gasteiger partial charge in [-0.1, -0.05) is 30.3 Å². The SMILES string of the molecule is CN(C(=O)N[C@H](CN1CCCC1)c1ccccc1)C1CCC1. The van der Waals surface area contributed by atoms with Crippen molar-refractivity contribution in [3.63, 3.8) is 0 Å². The van der Waals surface area contributed by atoms with Crippen LogP contribution in [0.1, 0.15) is 43.7 Å². The third kappa shape index (κ3) is 3.61. The van der Waals surface area contributed by atoms with Crippen molar-refractivity contribution < 1.29 is 4.79 Å². The molecule has 1 aliphatic heterocycles. The van der Waals surface area contributed by atoms with Crippen LogP contribution in [0.3, 0.4) is 0 Å². The number of rotatable bonds is 5. The molecule has 1 aromatic rings. The van der Waals surface area contributed by atoms with E-state index in [-0.39, 0.29) is 12.1 Å². The van der Waals surface area contributed by atoms with E-state index in [0.717, 1.165) is 32.5 Å². The molecule has 2 aliphatic rings. The molecule has 1 aromatic carbocycles. The fourth-order valence-corrected chi connectivity index (χ4v) is 3.33. The average Bonchev–Trinajstić information content (AvgIpc) is 2.98. The summed E-state index contributed by atoms with van der Waals surface area (Å²) in [5.74, 6) is 0. The average molecular weight is 301 g/mol. The van der Waals surface area contributed by atoms with E-state index >= 15 is 0 Å². The number of urea groups is 1. The summed E-state index contributed by atoms with van der Waals surface area (Å²) < 4.78 is 0. The number of hydrogen-bond acceptors (Lipinski definition) is 2. The fourth-order valence-electron chi connectivity index (χ4n) is 3.33. The Balaban J connectivity index is 1.65. The largest absolute Gasteiger partial charge is 0.330 e. The molecule has 2 fully saturated rings. The number of amides is 2. The number of benzene rings is 1. The van der Waals surface area contributed by atoms with Crippen LogP contribution >= 0.6 is 0 Å². The lowest BCUT2D eigenvalue weighted by Crippen LogP contribution is -2.48. The van der Waals surface area contributed by atoms with Crippen molar-refractivity contribution in [2.45, 2.75) is 44.2 Å². The van der Waals surface area contributed by atoms with Crippen molar-refractivity contribution in [3.8, 4) is 0 Å². The molecule has 1 aliphatic carbocycles. The molecule has 1 saturated heterocycles. The van der Waals surface area contributed by atoms with Gasteiger partial charge in [-0.05, 0) is 50.8 Å². The molecular formula is C18H27N3O. The molecule has 2 amide bonds. The number of nitrogens with one attached hydrogen (secondary N) is 1. The Labute approximate surface area is 133 Å². The second kappa shape index (κ2) is 7.14. The lowest BCUT2D eigenvalue weighted by molar-refractivity contribution is 0.152. The van der Waals surface area contributed by atoms with Gasteiger partial charge in [-0.15, -0.1) is 0 Å². The molecule has 3 rings (SSSR count). The molecule has 4 nitrogen and oxygen atoms in total. The number of carbonyl (C=O) groups is 1.